The summed E-state index contributed by atoms with van der Waals surface area (Å²) in [6, 6.07) is 21.2. The molecule has 2 aromatic rings. The van der Waals surface area contributed by atoms with E-state index in [4.69, 9.17) is 0 Å². The maximum atomic E-state index is 3.94. The zero-order valence-electron chi connectivity index (χ0n) is 12.0. The molecule has 0 heterocycles. The van der Waals surface area contributed by atoms with Crippen LogP contribution in [-0.4, -0.2) is 0 Å². The maximum Gasteiger partial charge on any atom is 0.166 e. The normalized spacial score (nSPS) is 10.6. The first-order valence-electron chi connectivity index (χ1n) is 6.50. The van der Waals surface area contributed by atoms with Crippen molar-refractivity contribution in [2.24, 2.45) is 0 Å². The predicted molar refractivity (Wildman–Crippen MR) is 92.0 cm³/mol. The van der Waals surface area contributed by atoms with Crippen molar-refractivity contribution in [3.63, 3.8) is 0 Å². The summed E-state index contributed by atoms with van der Waals surface area (Å²) >= 11 is 0. The molecule has 0 N–H and O–H groups in total. The van der Waals surface area contributed by atoms with E-state index in [0.717, 1.165) is 0 Å². The lowest BCUT2D eigenvalue weighted by Crippen LogP contribution is -2.05. The fourth-order valence-corrected chi connectivity index (χ4v) is 3.92. The van der Waals surface area contributed by atoms with Crippen molar-refractivity contribution in [1.82, 2.24) is 0 Å². The first kappa shape index (κ1) is 16.1. The largest absolute Gasteiger partial charge is 0.166 e. The molecule has 0 aromatic heterocycles. The Kier molecular flexibility index (Phi) is 7.23. The van der Waals surface area contributed by atoms with Gasteiger partial charge in [0.05, 0.1) is 10.9 Å². The summed E-state index contributed by atoms with van der Waals surface area (Å²) in [5, 5.41) is 0. The number of hydrogen-bond acceptors (Lipinski definition) is 0. The third-order valence-corrected chi connectivity index (χ3v) is 5.04. The highest BCUT2D eigenvalue weighted by molar-refractivity contribution is 8.00. The van der Waals surface area contributed by atoms with Crippen LogP contribution < -0.4 is 0 Å². The van der Waals surface area contributed by atoms with Crippen LogP contribution in [0.4, 0.5) is 0 Å². The van der Waals surface area contributed by atoms with Gasteiger partial charge in [-0.25, -0.2) is 0 Å². The van der Waals surface area contributed by atoms with E-state index in [9.17, 15) is 0 Å². The molecule has 0 fully saturated rings. The van der Waals surface area contributed by atoms with Gasteiger partial charge in [-0.15, -0.1) is 13.2 Å². The average molecular weight is 281 g/mol. The number of rotatable bonds is 4. The first-order valence-corrected chi connectivity index (χ1v) is 7.72. The van der Waals surface area contributed by atoms with Crippen molar-refractivity contribution in [2.75, 3.05) is 0 Å². The molecule has 0 nitrogen and oxygen atoms in total. The van der Waals surface area contributed by atoms with Gasteiger partial charge in [-0.1, -0.05) is 43.0 Å². The molecule has 0 atom stereocenters. The Labute approximate surface area is 125 Å². The molecule has 0 saturated carbocycles. The van der Waals surface area contributed by atoms with Gasteiger partial charge in [-0.2, -0.15) is 0 Å². The van der Waals surface area contributed by atoms with E-state index >= 15 is 0 Å². The minimum atomic E-state index is -0.0460. The highest BCUT2D eigenvalue weighted by Crippen LogP contribution is 2.30. The van der Waals surface area contributed by atoms with E-state index < -0.39 is 0 Å². The fraction of sp³-hybridized carbons (Fsp3) is 0.0526. The van der Waals surface area contributed by atoms with Crippen LogP contribution in [0.1, 0.15) is 6.92 Å². The Balaban J connectivity index is 0.000000956. The van der Waals surface area contributed by atoms with Gasteiger partial charge in [0.15, 0.2) is 14.7 Å². The lowest BCUT2D eigenvalue weighted by atomic mass is 10.4. The highest BCUT2D eigenvalue weighted by atomic mass is 32.2. The molecular weight excluding hydrogens is 260 g/mol. The van der Waals surface area contributed by atoms with E-state index in [0.29, 0.717) is 0 Å². The van der Waals surface area contributed by atoms with Crippen LogP contribution in [0.15, 0.2) is 107 Å². The molecule has 0 unspecified atom stereocenters. The third-order valence-electron chi connectivity index (χ3n) is 2.68. The number of allylic oxidation sites excluding steroid dienone is 2. The minimum absolute atomic E-state index is 0.0460. The van der Waals surface area contributed by atoms with Crippen molar-refractivity contribution >= 4 is 10.9 Å². The van der Waals surface area contributed by atoms with E-state index in [1.54, 1.807) is 0 Å². The van der Waals surface area contributed by atoms with Crippen molar-refractivity contribution in [3.8, 4) is 0 Å². The second kappa shape index (κ2) is 9.00. The summed E-state index contributed by atoms with van der Waals surface area (Å²) in [7, 11) is -0.0460. The van der Waals surface area contributed by atoms with Crippen LogP contribution in [0, 0.1) is 0 Å². The lowest BCUT2D eigenvalue weighted by Gasteiger charge is -2.07. The summed E-state index contributed by atoms with van der Waals surface area (Å²) in [4.78, 5) is 3.93. The average Bonchev–Trinajstić information content (AvgIpc) is 2.56. The summed E-state index contributed by atoms with van der Waals surface area (Å²) in [6.07, 6.45) is 4.11. The molecule has 0 amide bonds. The molecule has 0 aliphatic heterocycles. The van der Waals surface area contributed by atoms with Gasteiger partial charge in [0.1, 0.15) is 0 Å². The van der Waals surface area contributed by atoms with Gasteiger partial charge in [-0.05, 0) is 43.3 Å². The van der Waals surface area contributed by atoms with Crippen molar-refractivity contribution < 1.29 is 0 Å². The van der Waals surface area contributed by atoms with Crippen molar-refractivity contribution in [2.45, 2.75) is 16.7 Å². The Hall–Kier alpha value is -1.99. The maximum absolute atomic E-state index is 3.94. The molecule has 0 saturated heterocycles. The van der Waals surface area contributed by atoms with Gasteiger partial charge in [0.25, 0.3) is 0 Å². The van der Waals surface area contributed by atoms with Gasteiger partial charge >= 0.3 is 0 Å². The molecular formula is C19H21S+. The molecule has 0 aliphatic rings. The number of benzene rings is 2. The van der Waals surface area contributed by atoms with E-state index in [1.165, 1.54) is 14.7 Å². The smallest absolute Gasteiger partial charge is 0.106 e. The van der Waals surface area contributed by atoms with Crippen LogP contribution in [0.2, 0.25) is 0 Å². The highest BCUT2D eigenvalue weighted by Gasteiger charge is 2.28. The molecule has 0 aliphatic carbocycles. The topological polar surface area (TPSA) is 0 Å². The van der Waals surface area contributed by atoms with E-state index in [1.807, 2.05) is 6.08 Å². The molecule has 2 rings (SSSR count). The van der Waals surface area contributed by atoms with Crippen LogP contribution in [-0.2, 0) is 10.9 Å². The second-order valence-corrected chi connectivity index (χ2v) is 5.85. The fourth-order valence-electron chi connectivity index (χ4n) is 1.84. The minimum Gasteiger partial charge on any atom is -0.106 e. The quantitative estimate of drug-likeness (QED) is 0.388. The Morgan fingerprint density at radius 1 is 0.850 bits per heavy atom. The standard InChI is InChI=1S/C17H17S.C2H4/c1-3-15(4-2)18(16-11-7-5-8-12-16)17-13-9-6-10-14-17;1-2/h3-14H,1H2,2H3;1-2H2/q+1;/b15-4+;. The van der Waals surface area contributed by atoms with Crippen LogP contribution in [0.5, 0.6) is 0 Å². The number of hydrogen-bond donors (Lipinski definition) is 0. The molecule has 1 heteroatoms. The molecule has 20 heavy (non-hydrogen) atoms. The summed E-state index contributed by atoms with van der Waals surface area (Å²) in [5.74, 6) is 0. The zero-order chi connectivity index (χ0) is 14.8. The third kappa shape index (κ3) is 4.01. The predicted octanol–water partition coefficient (Wildman–Crippen LogP) is 5.61. The van der Waals surface area contributed by atoms with Gasteiger partial charge in [0.2, 0.25) is 0 Å². The van der Waals surface area contributed by atoms with E-state index in [-0.39, 0.29) is 10.9 Å². The van der Waals surface area contributed by atoms with Gasteiger partial charge in [0, 0.05) is 0 Å². The molecule has 0 bridgehead atoms. The Bertz CT molecular complexity index is 501. The molecule has 102 valence electrons. The van der Waals surface area contributed by atoms with Gasteiger partial charge < -0.3 is 0 Å². The molecule has 0 spiro atoms. The SMILES string of the molecule is C=C.C=C/C(=C\C)[S+](c1ccccc1)c1ccccc1. The van der Waals surface area contributed by atoms with Crippen LogP contribution >= 0.6 is 0 Å². The van der Waals surface area contributed by atoms with Crippen LogP contribution in [0.25, 0.3) is 0 Å². The molecule has 0 radical (unpaired) electrons. The van der Waals surface area contributed by atoms with Gasteiger partial charge in [-0.3, -0.25) is 0 Å². The Morgan fingerprint density at radius 3 is 1.55 bits per heavy atom. The second-order valence-electron chi connectivity index (χ2n) is 3.83. The summed E-state index contributed by atoms with van der Waals surface area (Å²) in [6.45, 7) is 12.0. The zero-order valence-corrected chi connectivity index (χ0v) is 12.8. The molecule has 2 aromatic carbocycles. The van der Waals surface area contributed by atoms with Crippen molar-refractivity contribution in [3.05, 3.63) is 97.5 Å². The lowest BCUT2D eigenvalue weighted by molar-refractivity contribution is 1.38. The van der Waals surface area contributed by atoms with Crippen molar-refractivity contribution in [1.29, 1.82) is 0 Å². The van der Waals surface area contributed by atoms with Crippen LogP contribution in [0.3, 0.4) is 0 Å². The summed E-state index contributed by atoms with van der Waals surface area (Å²) < 4.78 is 0. The summed E-state index contributed by atoms with van der Waals surface area (Å²) in [5.41, 5.74) is 0. The Morgan fingerprint density at radius 2 is 1.25 bits per heavy atom. The first-order chi connectivity index (χ1) is 9.86. The monoisotopic (exact) mass is 281 g/mol. The van der Waals surface area contributed by atoms with E-state index in [2.05, 4.69) is 93.4 Å².